The van der Waals surface area contributed by atoms with Crippen molar-refractivity contribution in [3.63, 3.8) is 0 Å². The van der Waals surface area contributed by atoms with Crippen molar-refractivity contribution < 1.29 is 14.4 Å². The third kappa shape index (κ3) is 4.24. The lowest BCUT2D eigenvalue weighted by Gasteiger charge is -2.08. The maximum absolute atomic E-state index is 12.4. The van der Waals surface area contributed by atoms with Crippen molar-refractivity contribution in [2.45, 2.75) is 6.92 Å². The average molecular weight is 377 g/mol. The molecule has 2 aromatic carbocycles. The summed E-state index contributed by atoms with van der Waals surface area (Å²) in [6.45, 7) is 1.95. The molecule has 0 unspecified atom stereocenters. The summed E-state index contributed by atoms with van der Waals surface area (Å²) in [7, 11) is 1.46. The molecule has 142 valence electrons. The second kappa shape index (κ2) is 8.17. The number of aryl methyl sites for hydroxylation is 1. The van der Waals surface area contributed by atoms with E-state index in [1.54, 1.807) is 36.4 Å². The molecule has 8 heteroatoms. The summed E-state index contributed by atoms with van der Waals surface area (Å²) >= 11 is 0. The van der Waals surface area contributed by atoms with Crippen molar-refractivity contribution in [1.82, 2.24) is 15.3 Å². The van der Waals surface area contributed by atoms with Crippen LogP contribution in [-0.4, -0.2) is 34.7 Å². The lowest BCUT2D eigenvalue weighted by atomic mass is 10.1. The van der Waals surface area contributed by atoms with E-state index in [1.165, 1.54) is 13.4 Å². The van der Waals surface area contributed by atoms with E-state index in [1.807, 2.05) is 19.1 Å². The standard InChI is InChI=1S/C20H19N5O3/c1-12-3-5-13(6-4-12)18(26)24-14-7-9-15(10-8-14)25-20(28)17-16(19(27)21-2)22-11-23-17/h3-11H,1-2H3,(H,21,27)(H,22,23)(H,24,26)(H,25,28). The third-order valence-corrected chi connectivity index (χ3v) is 4.02. The number of anilines is 2. The first-order chi connectivity index (χ1) is 13.5. The number of aromatic amines is 1. The number of rotatable bonds is 5. The van der Waals surface area contributed by atoms with E-state index in [0.717, 1.165) is 5.56 Å². The zero-order valence-electron chi connectivity index (χ0n) is 15.4. The van der Waals surface area contributed by atoms with Crippen LogP contribution in [0, 0.1) is 6.92 Å². The lowest BCUT2D eigenvalue weighted by Crippen LogP contribution is -2.23. The molecule has 0 spiro atoms. The van der Waals surface area contributed by atoms with Crippen LogP contribution in [0.25, 0.3) is 0 Å². The largest absolute Gasteiger partial charge is 0.354 e. The van der Waals surface area contributed by atoms with Gasteiger partial charge in [-0.3, -0.25) is 14.4 Å². The molecule has 3 aromatic rings. The van der Waals surface area contributed by atoms with Crippen molar-refractivity contribution in [2.75, 3.05) is 17.7 Å². The molecule has 3 amide bonds. The Morgan fingerprint density at radius 2 is 1.39 bits per heavy atom. The van der Waals surface area contributed by atoms with Gasteiger partial charge in [0.25, 0.3) is 17.7 Å². The fraction of sp³-hybridized carbons (Fsp3) is 0.100. The van der Waals surface area contributed by atoms with E-state index in [9.17, 15) is 14.4 Å². The molecule has 1 aromatic heterocycles. The zero-order valence-corrected chi connectivity index (χ0v) is 15.4. The first kappa shape index (κ1) is 18.8. The Morgan fingerprint density at radius 3 is 1.96 bits per heavy atom. The smallest absolute Gasteiger partial charge is 0.274 e. The Hall–Kier alpha value is -3.94. The van der Waals surface area contributed by atoms with Gasteiger partial charge in [0.2, 0.25) is 0 Å². The number of imidazole rings is 1. The van der Waals surface area contributed by atoms with E-state index in [4.69, 9.17) is 0 Å². The van der Waals surface area contributed by atoms with Gasteiger partial charge in [-0.05, 0) is 43.3 Å². The predicted octanol–water partition coefficient (Wildman–Crippen LogP) is 2.58. The van der Waals surface area contributed by atoms with Gasteiger partial charge < -0.3 is 20.9 Å². The Labute approximate surface area is 161 Å². The Bertz CT molecular complexity index is 1010. The molecule has 0 saturated heterocycles. The Kier molecular flexibility index (Phi) is 5.50. The molecule has 0 aliphatic heterocycles. The highest BCUT2D eigenvalue weighted by Gasteiger charge is 2.19. The third-order valence-electron chi connectivity index (χ3n) is 4.02. The van der Waals surface area contributed by atoms with Crippen molar-refractivity contribution in [1.29, 1.82) is 0 Å². The highest BCUT2D eigenvalue weighted by atomic mass is 16.2. The van der Waals surface area contributed by atoms with E-state index < -0.39 is 11.8 Å². The number of carbonyl (C=O) groups excluding carboxylic acids is 3. The van der Waals surface area contributed by atoms with E-state index in [-0.39, 0.29) is 17.3 Å². The predicted molar refractivity (Wildman–Crippen MR) is 106 cm³/mol. The van der Waals surface area contributed by atoms with Crippen molar-refractivity contribution in [2.24, 2.45) is 0 Å². The van der Waals surface area contributed by atoms with Crippen molar-refractivity contribution >= 4 is 29.1 Å². The van der Waals surface area contributed by atoms with Crippen molar-refractivity contribution in [3.8, 4) is 0 Å². The highest BCUT2D eigenvalue weighted by Crippen LogP contribution is 2.16. The molecule has 0 fully saturated rings. The van der Waals surface area contributed by atoms with Gasteiger partial charge >= 0.3 is 0 Å². The molecule has 8 nitrogen and oxygen atoms in total. The maximum Gasteiger partial charge on any atom is 0.274 e. The number of nitrogens with one attached hydrogen (secondary N) is 4. The average Bonchev–Trinajstić information content (AvgIpc) is 3.19. The lowest BCUT2D eigenvalue weighted by molar-refractivity contribution is 0.0943. The molecular weight excluding hydrogens is 358 g/mol. The normalized spacial score (nSPS) is 10.2. The molecule has 0 saturated carbocycles. The summed E-state index contributed by atoms with van der Waals surface area (Å²) in [5.74, 6) is -1.17. The van der Waals surface area contributed by atoms with Gasteiger partial charge in [0.05, 0.1) is 6.33 Å². The van der Waals surface area contributed by atoms with Crippen LogP contribution in [0.4, 0.5) is 11.4 Å². The quantitative estimate of drug-likeness (QED) is 0.547. The molecule has 0 aliphatic rings. The minimum atomic E-state index is -0.493. The van der Waals surface area contributed by atoms with Gasteiger partial charge in [0.1, 0.15) is 5.69 Å². The number of carbonyl (C=O) groups is 3. The van der Waals surface area contributed by atoms with Gasteiger partial charge in [-0.1, -0.05) is 17.7 Å². The highest BCUT2D eigenvalue weighted by molar-refractivity contribution is 6.10. The van der Waals surface area contributed by atoms with E-state index in [0.29, 0.717) is 16.9 Å². The molecular formula is C20H19N5O3. The number of amides is 3. The fourth-order valence-electron chi connectivity index (χ4n) is 2.50. The number of nitrogens with zero attached hydrogens (tertiary/aromatic N) is 1. The summed E-state index contributed by atoms with van der Waals surface area (Å²) in [5, 5.41) is 7.90. The topological polar surface area (TPSA) is 116 Å². The molecule has 0 atom stereocenters. The summed E-state index contributed by atoms with van der Waals surface area (Å²) in [4.78, 5) is 42.8. The molecule has 28 heavy (non-hydrogen) atoms. The van der Waals surface area contributed by atoms with Crippen LogP contribution in [0.3, 0.4) is 0 Å². The van der Waals surface area contributed by atoms with Crippen LogP contribution >= 0.6 is 0 Å². The van der Waals surface area contributed by atoms with Crippen LogP contribution in [-0.2, 0) is 0 Å². The van der Waals surface area contributed by atoms with Crippen LogP contribution in [0.1, 0.15) is 36.9 Å². The molecule has 0 radical (unpaired) electrons. The van der Waals surface area contributed by atoms with E-state index in [2.05, 4.69) is 25.9 Å². The second-order valence-corrected chi connectivity index (χ2v) is 6.06. The second-order valence-electron chi connectivity index (χ2n) is 6.06. The van der Waals surface area contributed by atoms with Crippen LogP contribution in [0.2, 0.25) is 0 Å². The first-order valence-electron chi connectivity index (χ1n) is 8.53. The number of H-pyrrole nitrogens is 1. The minimum Gasteiger partial charge on any atom is -0.354 e. The Balaban J connectivity index is 1.65. The summed E-state index contributed by atoms with van der Waals surface area (Å²) in [6.07, 6.45) is 1.28. The van der Waals surface area contributed by atoms with Crippen LogP contribution in [0.5, 0.6) is 0 Å². The van der Waals surface area contributed by atoms with Gasteiger partial charge in [-0.25, -0.2) is 4.98 Å². The number of benzene rings is 2. The van der Waals surface area contributed by atoms with Crippen LogP contribution in [0.15, 0.2) is 54.9 Å². The molecule has 0 aliphatic carbocycles. The number of hydrogen-bond acceptors (Lipinski definition) is 4. The van der Waals surface area contributed by atoms with Crippen molar-refractivity contribution in [3.05, 3.63) is 77.4 Å². The molecule has 0 bridgehead atoms. The maximum atomic E-state index is 12.4. The van der Waals surface area contributed by atoms with Crippen LogP contribution < -0.4 is 16.0 Å². The summed E-state index contributed by atoms with van der Waals surface area (Å²) in [5.41, 5.74) is 2.82. The number of hydrogen-bond donors (Lipinski definition) is 4. The van der Waals surface area contributed by atoms with E-state index >= 15 is 0 Å². The SMILES string of the molecule is CNC(=O)c1nc[nH]c1C(=O)Nc1ccc(NC(=O)c2ccc(C)cc2)cc1. The van der Waals surface area contributed by atoms with Gasteiger partial charge in [0, 0.05) is 24.0 Å². The minimum absolute atomic E-state index is 0.0157. The van der Waals surface area contributed by atoms with Gasteiger partial charge in [-0.15, -0.1) is 0 Å². The fourth-order valence-corrected chi connectivity index (χ4v) is 2.50. The zero-order chi connectivity index (χ0) is 20.1. The summed E-state index contributed by atoms with van der Waals surface area (Å²) < 4.78 is 0. The molecule has 1 heterocycles. The van der Waals surface area contributed by atoms with Gasteiger partial charge in [0.15, 0.2) is 5.69 Å². The molecule has 3 rings (SSSR count). The Morgan fingerprint density at radius 1 is 0.821 bits per heavy atom. The van der Waals surface area contributed by atoms with Gasteiger partial charge in [-0.2, -0.15) is 0 Å². The molecule has 4 N–H and O–H groups in total. The summed E-state index contributed by atoms with van der Waals surface area (Å²) in [6, 6.07) is 13.9. The monoisotopic (exact) mass is 377 g/mol. The first-order valence-corrected chi connectivity index (χ1v) is 8.53. The number of aromatic nitrogens is 2.